The first-order valence-corrected chi connectivity index (χ1v) is 15.6. The molecule has 1 saturated heterocycles. The molecule has 4 aromatic rings. The zero-order valence-corrected chi connectivity index (χ0v) is 25.9. The monoisotopic (exact) mass is 606 g/mol. The predicted molar refractivity (Wildman–Crippen MR) is 166 cm³/mol. The third-order valence-corrected chi connectivity index (χ3v) is 9.53. The summed E-state index contributed by atoms with van der Waals surface area (Å²) in [6, 6.07) is 5.26. The van der Waals surface area contributed by atoms with Gasteiger partial charge in [0.15, 0.2) is 29.1 Å². The van der Waals surface area contributed by atoms with Crippen molar-refractivity contribution in [2.75, 3.05) is 0 Å². The van der Waals surface area contributed by atoms with Crippen molar-refractivity contribution in [2.24, 2.45) is 0 Å². The number of halogens is 4. The fourth-order valence-electron chi connectivity index (χ4n) is 7.23. The Balaban J connectivity index is 1.75. The van der Waals surface area contributed by atoms with E-state index in [-0.39, 0.29) is 34.0 Å². The Bertz CT molecular complexity index is 1820. The van der Waals surface area contributed by atoms with Crippen LogP contribution in [0, 0.1) is 23.3 Å². The van der Waals surface area contributed by atoms with E-state index in [1.165, 1.54) is 0 Å². The molecule has 0 bridgehead atoms. The van der Waals surface area contributed by atoms with Crippen molar-refractivity contribution in [3.63, 3.8) is 0 Å². The van der Waals surface area contributed by atoms with E-state index < -0.39 is 39.9 Å². The molecule has 0 spiro atoms. The van der Waals surface area contributed by atoms with E-state index in [0.29, 0.717) is 17.5 Å². The van der Waals surface area contributed by atoms with E-state index in [4.69, 9.17) is 19.4 Å². The lowest BCUT2D eigenvalue weighted by Crippen LogP contribution is -2.57. The number of aromatic nitrogens is 2. The van der Waals surface area contributed by atoms with Crippen LogP contribution in [0.15, 0.2) is 42.6 Å². The molecule has 0 N–H and O–H groups in total. The van der Waals surface area contributed by atoms with Crippen molar-refractivity contribution in [3.8, 4) is 0 Å². The Kier molecular flexibility index (Phi) is 8.03. The van der Waals surface area contributed by atoms with Crippen LogP contribution in [0.4, 0.5) is 17.6 Å². The number of nitrogens with zero attached hydrogens (tertiary/aromatic N) is 2. The average molecular weight is 607 g/mol. The van der Waals surface area contributed by atoms with Crippen LogP contribution in [-0.2, 0) is 14.9 Å². The highest BCUT2D eigenvalue weighted by molar-refractivity contribution is 6.24. The smallest absolute Gasteiger partial charge is 0.198 e. The first-order valence-electron chi connectivity index (χ1n) is 15.6. The van der Waals surface area contributed by atoms with Crippen LogP contribution < -0.4 is 0 Å². The van der Waals surface area contributed by atoms with Crippen LogP contribution in [0.25, 0.3) is 38.2 Å². The van der Waals surface area contributed by atoms with Crippen LogP contribution in [-0.4, -0.2) is 28.0 Å². The fraction of sp³-hybridized carbons (Fsp3) is 0.444. The molecule has 44 heavy (non-hydrogen) atoms. The molecule has 1 aliphatic carbocycles. The highest BCUT2D eigenvalue weighted by Gasteiger charge is 2.52. The molecule has 3 atom stereocenters. The van der Waals surface area contributed by atoms with Gasteiger partial charge in [0.25, 0.3) is 0 Å². The van der Waals surface area contributed by atoms with Gasteiger partial charge < -0.3 is 9.47 Å². The summed E-state index contributed by atoms with van der Waals surface area (Å²) in [6.07, 6.45) is 13.2. The molecule has 232 valence electrons. The Morgan fingerprint density at radius 1 is 0.909 bits per heavy atom. The number of allylic oxidation sites excluding steroid dienone is 4. The van der Waals surface area contributed by atoms with E-state index in [0.717, 1.165) is 49.7 Å². The van der Waals surface area contributed by atoms with Gasteiger partial charge in [-0.1, -0.05) is 69.5 Å². The predicted octanol–water partition coefficient (Wildman–Crippen LogP) is 9.99. The molecular weight excluding hydrogens is 568 g/mol. The summed E-state index contributed by atoms with van der Waals surface area (Å²) in [7, 11) is 0. The summed E-state index contributed by atoms with van der Waals surface area (Å²) in [6.45, 7) is 10.2. The van der Waals surface area contributed by atoms with Crippen LogP contribution in [0.2, 0.25) is 0 Å². The third-order valence-electron chi connectivity index (χ3n) is 9.53. The lowest BCUT2D eigenvalue weighted by Gasteiger charge is -2.52. The lowest BCUT2D eigenvalue weighted by atomic mass is 9.69. The maximum Gasteiger partial charge on any atom is 0.198 e. The first-order chi connectivity index (χ1) is 21.0. The van der Waals surface area contributed by atoms with Crippen molar-refractivity contribution in [3.05, 3.63) is 77.2 Å². The fourth-order valence-corrected chi connectivity index (χ4v) is 7.23. The number of unbranched alkanes of at least 4 members (excludes halogenated alkanes) is 2. The molecule has 8 heteroatoms. The van der Waals surface area contributed by atoms with Crippen molar-refractivity contribution < 1.29 is 27.0 Å². The Morgan fingerprint density at radius 3 is 2.27 bits per heavy atom. The quantitative estimate of drug-likeness (QED) is 0.0691. The highest BCUT2D eigenvalue weighted by atomic mass is 19.2. The summed E-state index contributed by atoms with van der Waals surface area (Å²) in [4.78, 5) is 9.56. The second kappa shape index (κ2) is 11.5. The Morgan fingerprint density at radius 2 is 1.61 bits per heavy atom. The molecule has 3 unspecified atom stereocenters. The van der Waals surface area contributed by atoms with E-state index in [1.54, 1.807) is 18.3 Å². The SMILES string of the molecule is CCCCCC(C)(c1cccc2c1c1ncc(C3=CCCC=C3)nc1c1c(F)c(F)c(F)c(F)c21)C1(C)OC(C)CC(C)O1. The molecule has 1 aliphatic heterocycles. The van der Waals surface area contributed by atoms with Crippen LogP contribution in [0.1, 0.15) is 90.8 Å². The molecule has 1 aromatic heterocycles. The normalized spacial score (nSPS) is 23.8. The van der Waals surface area contributed by atoms with Gasteiger partial charge in [-0.05, 0) is 63.0 Å². The molecule has 0 saturated carbocycles. The largest absolute Gasteiger partial charge is 0.346 e. The summed E-state index contributed by atoms with van der Waals surface area (Å²) in [5.74, 6) is -7.77. The Hall–Kier alpha value is -3.36. The minimum absolute atomic E-state index is 0.0269. The summed E-state index contributed by atoms with van der Waals surface area (Å²) in [5.41, 5.74) is 1.41. The molecule has 2 aliphatic rings. The number of benzene rings is 3. The van der Waals surface area contributed by atoms with Crippen LogP contribution in [0.5, 0.6) is 0 Å². The number of ether oxygens (including phenoxy) is 2. The average Bonchev–Trinajstić information content (AvgIpc) is 3.01. The lowest BCUT2D eigenvalue weighted by molar-refractivity contribution is -0.332. The second-order valence-electron chi connectivity index (χ2n) is 12.7. The van der Waals surface area contributed by atoms with Gasteiger partial charge >= 0.3 is 0 Å². The van der Waals surface area contributed by atoms with Crippen molar-refractivity contribution in [1.82, 2.24) is 9.97 Å². The third kappa shape index (κ3) is 4.81. The zero-order chi connectivity index (χ0) is 31.4. The van der Waals surface area contributed by atoms with Gasteiger partial charge in [-0.15, -0.1) is 0 Å². The number of rotatable bonds is 7. The van der Waals surface area contributed by atoms with Crippen molar-refractivity contribution in [2.45, 2.75) is 103 Å². The molecule has 4 nitrogen and oxygen atoms in total. The van der Waals surface area contributed by atoms with Gasteiger partial charge in [0.1, 0.15) is 5.52 Å². The Labute approximate surface area is 255 Å². The molecule has 1 fully saturated rings. The van der Waals surface area contributed by atoms with Crippen molar-refractivity contribution >= 4 is 38.2 Å². The van der Waals surface area contributed by atoms with E-state index >= 15 is 8.78 Å². The van der Waals surface area contributed by atoms with E-state index in [1.807, 2.05) is 45.1 Å². The summed E-state index contributed by atoms with van der Waals surface area (Å²) in [5, 5.41) is -0.0769. The van der Waals surface area contributed by atoms with Gasteiger partial charge in [-0.2, -0.15) is 0 Å². The second-order valence-corrected chi connectivity index (χ2v) is 12.7. The number of hydrogen-bond donors (Lipinski definition) is 0. The minimum atomic E-state index is -1.88. The molecular formula is C36H38F4N2O2. The topological polar surface area (TPSA) is 44.2 Å². The molecule has 3 aromatic carbocycles. The summed E-state index contributed by atoms with van der Waals surface area (Å²) >= 11 is 0. The zero-order valence-electron chi connectivity index (χ0n) is 25.9. The number of hydrogen-bond acceptors (Lipinski definition) is 4. The van der Waals surface area contributed by atoms with Gasteiger partial charge in [-0.25, -0.2) is 22.5 Å². The van der Waals surface area contributed by atoms with Gasteiger partial charge in [0, 0.05) is 16.2 Å². The molecule has 6 rings (SSSR count). The first kappa shape index (κ1) is 30.7. The molecule has 2 heterocycles. The number of fused-ring (bicyclic) bond motifs is 6. The van der Waals surface area contributed by atoms with E-state index in [2.05, 4.69) is 13.8 Å². The minimum Gasteiger partial charge on any atom is -0.346 e. The van der Waals surface area contributed by atoms with Crippen LogP contribution >= 0.6 is 0 Å². The standard InChI is InChI=1S/C36H38F4N2O2/c1-6-7-11-17-35(4,36(5)43-20(2)18-21(3)44-36)24-16-12-15-23-26(24)33-34(28-27(23)29(37)31(39)32(40)30(28)38)42-25(19-41-33)22-13-9-8-10-14-22/h9,12-16,19-21H,6-8,10-11,17-18H2,1-5H3. The van der Waals surface area contributed by atoms with E-state index in [9.17, 15) is 8.78 Å². The van der Waals surface area contributed by atoms with Crippen molar-refractivity contribution in [1.29, 1.82) is 0 Å². The van der Waals surface area contributed by atoms with Gasteiger partial charge in [0.05, 0.1) is 35.0 Å². The highest BCUT2D eigenvalue weighted by Crippen LogP contribution is 2.51. The molecule has 0 radical (unpaired) electrons. The summed E-state index contributed by atoms with van der Waals surface area (Å²) < 4.78 is 74.5. The van der Waals surface area contributed by atoms with Gasteiger partial charge in [0.2, 0.25) is 0 Å². The molecule has 0 amide bonds. The van der Waals surface area contributed by atoms with Gasteiger partial charge in [-0.3, -0.25) is 4.98 Å². The maximum absolute atomic E-state index is 15.9. The maximum atomic E-state index is 15.9. The van der Waals surface area contributed by atoms with Crippen LogP contribution in [0.3, 0.4) is 0 Å².